The van der Waals surface area contributed by atoms with E-state index in [2.05, 4.69) is 15.3 Å². The van der Waals surface area contributed by atoms with Gasteiger partial charge in [0.2, 0.25) is 0 Å². The third kappa shape index (κ3) is 3.35. The molecule has 0 bridgehead atoms. The molecule has 0 aromatic carbocycles. The highest BCUT2D eigenvalue weighted by Crippen LogP contribution is 2.26. The fourth-order valence-electron chi connectivity index (χ4n) is 2.22. The van der Waals surface area contributed by atoms with Crippen LogP contribution in [0.1, 0.15) is 25.7 Å². The molecule has 0 unspecified atom stereocenters. The van der Waals surface area contributed by atoms with Crippen LogP contribution in [0, 0.1) is 5.92 Å². The highest BCUT2D eigenvalue weighted by molar-refractivity contribution is 7.98. The predicted octanol–water partition coefficient (Wildman–Crippen LogP) is 2.25. The second-order valence-electron chi connectivity index (χ2n) is 4.48. The average Bonchev–Trinajstić information content (AvgIpc) is 2.39. The number of carbonyl (C=O) groups is 1. The first-order valence-electron chi connectivity index (χ1n) is 6.04. The van der Waals surface area contributed by atoms with Gasteiger partial charge in [-0.15, -0.1) is 11.8 Å². The number of thioether (sulfide) groups is 1. The van der Waals surface area contributed by atoms with Gasteiger partial charge in [-0.05, 0) is 31.9 Å². The van der Waals surface area contributed by atoms with Crippen molar-refractivity contribution in [2.45, 2.75) is 36.8 Å². The molecular weight excluding hydrogens is 250 g/mol. The molecule has 0 amide bonds. The lowest BCUT2D eigenvalue weighted by molar-refractivity contribution is -0.142. The minimum absolute atomic E-state index is 0.171. The van der Waals surface area contributed by atoms with Crippen molar-refractivity contribution in [1.82, 2.24) is 9.97 Å². The SMILES string of the molecule is CSc1cc(NC2CCC(C(=O)O)CC2)ncn1. The fraction of sp³-hybridized carbons (Fsp3) is 0.583. The van der Waals surface area contributed by atoms with E-state index in [1.807, 2.05) is 12.3 Å². The van der Waals surface area contributed by atoms with Crippen LogP contribution in [0.25, 0.3) is 0 Å². The van der Waals surface area contributed by atoms with Crippen LogP contribution in [0.5, 0.6) is 0 Å². The Morgan fingerprint density at radius 1 is 1.39 bits per heavy atom. The second-order valence-corrected chi connectivity index (χ2v) is 5.30. The Hall–Kier alpha value is -1.30. The number of aliphatic carboxylic acids is 1. The molecule has 98 valence electrons. The summed E-state index contributed by atoms with van der Waals surface area (Å²) in [6, 6.07) is 2.25. The van der Waals surface area contributed by atoms with E-state index in [1.54, 1.807) is 18.1 Å². The fourth-order valence-corrected chi connectivity index (χ4v) is 2.61. The van der Waals surface area contributed by atoms with Gasteiger partial charge in [0.15, 0.2) is 0 Å². The number of rotatable bonds is 4. The molecular formula is C12H17N3O2S. The summed E-state index contributed by atoms with van der Waals surface area (Å²) in [4.78, 5) is 19.2. The standard InChI is InChI=1S/C12H17N3O2S/c1-18-11-6-10(13-7-14-11)15-9-4-2-8(3-5-9)12(16)17/h6-9H,2-5H2,1H3,(H,16,17)(H,13,14,15). The van der Waals surface area contributed by atoms with Crippen LogP contribution in [0.4, 0.5) is 5.82 Å². The Kier molecular flexibility index (Phi) is 4.41. The van der Waals surface area contributed by atoms with Gasteiger partial charge in [0.1, 0.15) is 17.2 Å². The molecule has 0 spiro atoms. The maximum absolute atomic E-state index is 10.9. The van der Waals surface area contributed by atoms with Crippen molar-refractivity contribution in [3.63, 3.8) is 0 Å². The van der Waals surface area contributed by atoms with E-state index in [0.717, 1.165) is 36.5 Å². The van der Waals surface area contributed by atoms with Crippen molar-refractivity contribution in [2.24, 2.45) is 5.92 Å². The molecule has 2 rings (SSSR count). The number of anilines is 1. The number of hydrogen-bond acceptors (Lipinski definition) is 5. The van der Waals surface area contributed by atoms with Crippen molar-refractivity contribution in [1.29, 1.82) is 0 Å². The minimum Gasteiger partial charge on any atom is -0.481 e. The van der Waals surface area contributed by atoms with Gasteiger partial charge in [-0.3, -0.25) is 4.79 Å². The van der Waals surface area contributed by atoms with Crippen LogP contribution < -0.4 is 5.32 Å². The van der Waals surface area contributed by atoms with Crippen LogP contribution >= 0.6 is 11.8 Å². The monoisotopic (exact) mass is 267 g/mol. The minimum atomic E-state index is -0.667. The van der Waals surface area contributed by atoms with Gasteiger partial charge in [0.05, 0.1) is 5.92 Å². The predicted molar refractivity (Wildman–Crippen MR) is 70.8 cm³/mol. The Morgan fingerprint density at radius 2 is 2.11 bits per heavy atom. The molecule has 1 aliphatic carbocycles. The first-order chi connectivity index (χ1) is 8.69. The summed E-state index contributed by atoms with van der Waals surface area (Å²) in [5.41, 5.74) is 0. The number of nitrogens with one attached hydrogen (secondary N) is 1. The normalized spacial score (nSPS) is 23.6. The molecule has 6 heteroatoms. The van der Waals surface area contributed by atoms with E-state index in [4.69, 9.17) is 5.11 Å². The Bertz CT molecular complexity index is 420. The molecule has 1 fully saturated rings. The van der Waals surface area contributed by atoms with E-state index >= 15 is 0 Å². The molecule has 1 heterocycles. The van der Waals surface area contributed by atoms with Crippen LogP contribution in [-0.2, 0) is 4.79 Å². The van der Waals surface area contributed by atoms with E-state index in [1.165, 1.54) is 0 Å². The molecule has 0 saturated heterocycles. The summed E-state index contributed by atoms with van der Waals surface area (Å²) < 4.78 is 0. The van der Waals surface area contributed by atoms with Crippen LogP contribution in [0.2, 0.25) is 0 Å². The zero-order valence-electron chi connectivity index (χ0n) is 10.3. The summed E-state index contributed by atoms with van der Waals surface area (Å²) in [7, 11) is 0. The van der Waals surface area contributed by atoms with E-state index in [0.29, 0.717) is 6.04 Å². The third-order valence-electron chi connectivity index (χ3n) is 3.28. The lowest BCUT2D eigenvalue weighted by atomic mass is 9.86. The largest absolute Gasteiger partial charge is 0.481 e. The molecule has 0 radical (unpaired) electrons. The van der Waals surface area contributed by atoms with Crippen LogP contribution in [0.15, 0.2) is 17.4 Å². The summed E-state index contributed by atoms with van der Waals surface area (Å²) in [5, 5.41) is 13.2. The quantitative estimate of drug-likeness (QED) is 0.644. The number of carboxylic acids is 1. The second kappa shape index (κ2) is 6.04. The lowest BCUT2D eigenvalue weighted by Gasteiger charge is -2.27. The highest BCUT2D eigenvalue weighted by Gasteiger charge is 2.25. The Labute approximate surface area is 110 Å². The molecule has 18 heavy (non-hydrogen) atoms. The summed E-state index contributed by atoms with van der Waals surface area (Å²) in [6.07, 6.45) is 6.79. The van der Waals surface area contributed by atoms with E-state index in [9.17, 15) is 4.79 Å². The first-order valence-corrected chi connectivity index (χ1v) is 7.27. The Morgan fingerprint density at radius 3 is 2.72 bits per heavy atom. The number of aromatic nitrogens is 2. The van der Waals surface area contributed by atoms with Crippen molar-refractivity contribution in [3.05, 3.63) is 12.4 Å². The molecule has 5 nitrogen and oxygen atoms in total. The van der Waals surface area contributed by atoms with Crippen LogP contribution in [-0.4, -0.2) is 33.3 Å². The van der Waals surface area contributed by atoms with Crippen molar-refractivity contribution >= 4 is 23.5 Å². The van der Waals surface area contributed by atoms with Gasteiger partial charge in [0.25, 0.3) is 0 Å². The molecule has 1 aliphatic rings. The number of nitrogens with zero attached hydrogens (tertiary/aromatic N) is 2. The van der Waals surface area contributed by atoms with Gasteiger partial charge in [-0.1, -0.05) is 0 Å². The van der Waals surface area contributed by atoms with Gasteiger partial charge in [0, 0.05) is 12.1 Å². The first kappa shape index (κ1) is 13.1. The maximum Gasteiger partial charge on any atom is 0.306 e. The molecule has 0 aliphatic heterocycles. The molecule has 1 aromatic rings. The summed E-state index contributed by atoms with van der Waals surface area (Å²) in [5.74, 6) is -0.0107. The molecule has 1 aromatic heterocycles. The zero-order valence-corrected chi connectivity index (χ0v) is 11.1. The molecule has 1 saturated carbocycles. The van der Waals surface area contributed by atoms with Gasteiger partial charge >= 0.3 is 5.97 Å². The van der Waals surface area contributed by atoms with Crippen molar-refractivity contribution in [3.8, 4) is 0 Å². The highest BCUT2D eigenvalue weighted by atomic mass is 32.2. The van der Waals surface area contributed by atoms with E-state index in [-0.39, 0.29) is 5.92 Å². The van der Waals surface area contributed by atoms with E-state index < -0.39 is 5.97 Å². The smallest absolute Gasteiger partial charge is 0.306 e. The number of carboxylic acid groups (broad SMARTS) is 1. The molecule has 0 atom stereocenters. The van der Waals surface area contributed by atoms with Gasteiger partial charge in [-0.2, -0.15) is 0 Å². The lowest BCUT2D eigenvalue weighted by Crippen LogP contribution is -2.29. The van der Waals surface area contributed by atoms with Crippen molar-refractivity contribution in [2.75, 3.05) is 11.6 Å². The maximum atomic E-state index is 10.9. The van der Waals surface area contributed by atoms with Crippen LogP contribution in [0.3, 0.4) is 0 Å². The zero-order chi connectivity index (χ0) is 13.0. The van der Waals surface area contributed by atoms with Gasteiger partial charge < -0.3 is 10.4 Å². The van der Waals surface area contributed by atoms with Gasteiger partial charge in [-0.25, -0.2) is 9.97 Å². The average molecular weight is 267 g/mol. The summed E-state index contributed by atoms with van der Waals surface area (Å²) >= 11 is 1.58. The van der Waals surface area contributed by atoms with Crippen molar-refractivity contribution < 1.29 is 9.90 Å². The summed E-state index contributed by atoms with van der Waals surface area (Å²) in [6.45, 7) is 0. The number of hydrogen-bond donors (Lipinski definition) is 2. The topological polar surface area (TPSA) is 75.1 Å². The third-order valence-corrected chi connectivity index (χ3v) is 3.92. The Balaban J connectivity index is 1.89. The molecule has 2 N–H and O–H groups in total.